The first-order chi connectivity index (χ1) is 13.5. The van der Waals surface area contributed by atoms with Gasteiger partial charge in [0.05, 0.1) is 12.7 Å². The highest BCUT2D eigenvalue weighted by atomic mass is 19.2. The van der Waals surface area contributed by atoms with Crippen molar-refractivity contribution in [2.24, 2.45) is 0 Å². The van der Waals surface area contributed by atoms with E-state index in [1.54, 1.807) is 31.4 Å². The van der Waals surface area contributed by atoms with E-state index >= 15 is 0 Å². The zero-order valence-electron chi connectivity index (χ0n) is 16.2. The fourth-order valence-electron chi connectivity index (χ4n) is 3.66. The Morgan fingerprint density at radius 3 is 2.50 bits per heavy atom. The third-order valence-corrected chi connectivity index (χ3v) is 5.21. The van der Waals surface area contributed by atoms with Gasteiger partial charge >= 0.3 is 0 Å². The largest absolute Gasteiger partial charge is 0.385 e. The van der Waals surface area contributed by atoms with Gasteiger partial charge in [-0.15, -0.1) is 0 Å². The Balaban J connectivity index is 1.81. The van der Waals surface area contributed by atoms with Crippen LogP contribution in [0.2, 0.25) is 0 Å². The van der Waals surface area contributed by atoms with Crippen molar-refractivity contribution in [1.82, 2.24) is 0 Å². The van der Waals surface area contributed by atoms with Crippen LogP contribution in [-0.4, -0.2) is 26.4 Å². The van der Waals surface area contributed by atoms with Gasteiger partial charge in [0.1, 0.15) is 5.82 Å². The maximum Gasteiger partial charge on any atom is 0.167 e. The normalized spacial score (nSPS) is 20.0. The predicted molar refractivity (Wildman–Crippen MR) is 105 cm³/mol. The van der Waals surface area contributed by atoms with E-state index in [1.807, 2.05) is 6.92 Å². The van der Waals surface area contributed by atoms with Crippen LogP contribution < -0.4 is 0 Å². The summed E-state index contributed by atoms with van der Waals surface area (Å²) in [6.07, 6.45) is 5.91. The Labute approximate surface area is 164 Å². The molecule has 0 aliphatic carbocycles. The van der Waals surface area contributed by atoms with Gasteiger partial charge in [-0.25, -0.2) is 13.2 Å². The molecule has 2 unspecified atom stereocenters. The third kappa shape index (κ3) is 4.47. The van der Waals surface area contributed by atoms with Crippen LogP contribution in [0.4, 0.5) is 13.2 Å². The fraction of sp³-hybridized carbons (Fsp3) is 0.391. The van der Waals surface area contributed by atoms with Gasteiger partial charge in [-0.2, -0.15) is 0 Å². The summed E-state index contributed by atoms with van der Waals surface area (Å²) in [5, 5.41) is 0. The smallest absolute Gasteiger partial charge is 0.167 e. The van der Waals surface area contributed by atoms with Gasteiger partial charge in [0.25, 0.3) is 0 Å². The van der Waals surface area contributed by atoms with E-state index < -0.39 is 17.5 Å². The zero-order chi connectivity index (χ0) is 20.1. The molecule has 2 nitrogen and oxygen atoms in total. The van der Waals surface area contributed by atoms with Crippen molar-refractivity contribution in [1.29, 1.82) is 0 Å². The number of methoxy groups -OCH3 is 1. The standard InChI is InChI=1S/C23H25F3O2/c1-3-4-15-5-8-19(21(24)13-15)20-10-9-18(22(25)23(20)26)16-6-7-17(28-14-16)11-12-27-2/h3-5,8-10,13,16-17H,6-7,11-12,14H2,1-2H3/b4-3+. The van der Waals surface area contributed by atoms with E-state index in [0.717, 1.165) is 19.3 Å². The van der Waals surface area contributed by atoms with Crippen LogP contribution in [0.5, 0.6) is 0 Å². The summed E-state index contributed by atoms with van der Waals surface area (Å²) < 4.78 is 54.8. The van der Waals surface area contributed by atoms with E-state index in [4.69, 9.17) is 9.47 Å². The highest BCUT2D eigenvalue weighted by molar-refractivity contribution is 5.67. The van der Waals surface area contributed by atoms with Gasteiger partial charge in [0, 0.05) is 30.8 Å². The lowest BCUT2D eigenvalue weighted by Gasteiger charge is -2.29. The first-order valence-electron chi connectivity index (χ1n) is 9.56. The fourth-order valence-corrected chi connectivity index (χ4v) is 3.66. The Morgan fingerprint density at radius 2 is 1.86 bits per heavy atom. The molecule has 2 aromatic rings. The van der Waals surface area contributed by atoms with Gasteiger partial charge in [-0.3, -0.25) is 0 Å². The number of hydrogen-bond donors (Lipinski definition) is 0. The molecular formula is C23H25F3O2. The molecule has 0 radical (unpaired) electrons. The molecule has 2 atom stereocenters. The minimum atomic E-state index is -1.02. The van der Waals surface area contributed by atoms with Gasteiger partial charge in [-0.05, 0) is 43.4 Å². The van der Waals surface area contributed by atoms with Crippen LogP contribution in [-0.2, 0) is 9.47 Å². The van der Waals surface area contributed by atoms with Gasteiger partial charge < -0.3 is 9.47 Å². The third-order valence-electron chi connectivity index (χ3n) is 5.21. The lowest BCUT2D eigenvalue weighted by atomic mass is 9.89. The minimum Gasteiger partial charge on any atom is -0.385 e. The molecule has 0 spiro atoms. The first kappa shape index (κ1) is 20.6. The highest BCUT2D eigenvalue weighted by Crippen LogP contribution is 2.35. The van der Waals surface area contributed by atoms with Crippen molar-refractivity contribution in [2.75, 3.05) is 20.3 Å². The van der Waals surface area contributed by atoms with Gasteiger partial charge in [0.2, 0.25) is 0 Å². The summed E-state index contributed by atoms with van der Waals surface area (Å²) in [7, 11) is 1.64. The average Bonchev–Trinajstić information content (AvgIpc) is 2.70. The molecule has 2 aromatic carbocycles. The SMILES string of the molecule is C/C=C/c1ccc(-c2ccc(C3CCC(CCOC)OC3)c(F)c2F)c(F)c1. The van der Waals surface area contributed by atoms with Crippen LogP contribution in [0, 0.1) is 17.5 Å². The first-order valence-corrected chi connectivity index (χ1v) is 9.56. The van der Waals surface area contributed by atoms with Crippen molar-refractivity contribution < 1.29 is 22.6 Å². The molecule has 1 aliphatic heterocycles. The number of hydrogen-bond acceptors (Lipinski definition) is 2. The summed E-state index contributed by atoms with van der Waals surface area (Å²) in [6.45, 7) is 2.79. The van der Waals surface area contributed by atoms with Gasteiger partial charge in [0.15, 0.2) is 11.6 Å². The topological polar surface area (TPSA) is 18.5 Å². The molecule has 5 heteroatoms. The molecular weight excluding hydrogens is 365 g/mol. The molecule has 3 rings (SSSR count). The Morgan fingerprint density at radius 1 is 1.07 bits per heavy atom. The lowest BCUT2D eigenvalue weighted by Crippen LogP contribution is -2.26. The van der Waals surface area contributed by atoms with Crippen molar-refractivity contribution in [3.8, 4) is 11.1 Å². The molecule has 1 aliphatic rings. The molecule has 0 aromatic heterocycles. The molecule has 0 saturated carbocycles. The number of benzene rings is 2. The minimum absolute atomic E-state index is 0.0516. The molecule has 1 heterocycles. The maximum absolute atomic E-state index is 14.8. The van der Waals surface area contributed by atoms with E-state index in [9.17, 15) is 13.2 Å². The second kappa shape index (κ2) is 9.39. The summed E-state index contributed by atoms with van der Waals surface area (Å²) in [5.74, 6) is -2.72. The van der Waals surface area contributed by atoms with Crippen LogP contribution in [0.25, 0.3) is 17.2 Å². The van der Waals surface area contributed by atoms with Crippen molar-refractivity contribution in [3.63, 3.8) is 0 Å². The Bertz CT molecular complexity index is 840. The number of ether oxygens (including phenoxy) is 2. The molecule has 0 amide bonds. The van der Waals surface area contributed by atoms with E-state index in [-0.39, 0.29) is 28.7 Å². The van der Waals surface area contributed by atoms with Crippen LogP contribution in [0.15, 0.2) is 36.4 Å². The number of rotatable bonds is 6. The molecule has 28 heavy (non-hydrogen) atoms. The molecule has 150 valence electrons. The second-order valence-corrected chi connectivity index (χ2v) is 7.08. The molecule has 1 fully saturated rings. The predicted octanol–water partition coefficient (Wildman–Crippen LogP) is 6.10. The van der Waals surface area contributed by atoms with E-state index in [0.29, 0.717) is 18.8 Å². The molecule has 0 bridgehead atoms. The van der Waals surface area contributed by atoms with Crippen molar-refractivity contribution >= 4 is 6.08 Å². The maximum atomic E-state index is 14.8. The zero-order valence-corrected chi connectivity index (χ0v) is 16.2. The van der Waals surface area contributed by atoms with Gasteiger partial charge in [-0.1, -0.05) is 36.4 Å². The van der Waals surface area contributed by atoms with Crippen LogP contribution >= 0.6 is 0 Å². The molecule has 0 N–H and O–H groups in total. The Kier molecular flexibility index (Phi) is 6.92. The van der Waals surface area contributed by atoms with E-state index in [2.05, 4.69) is 0 Å². The van der Waals surface area contributed by atoms with Crippen LogP contribution in [0.3, 0.4) is 0 Å². The van der Waals surface area contributed by atoms with Crippen LogP contribution in [0.1, 0.15) is 43.2 Å². The van der Waals surface area contributed by atoms with Crippen molar-refractivity contribution in [2.45, 2.75) is 38.2 Å². The van der Waals surface area contributed by atoms with Crippen molar-refractivity contribution in [3.05, 3.63) is 65.0 Å². The van der Waals surface area contributed by atoms with E-state index in [1.165, 1.54) is 18.2 Å². The Hall–Kier alpha value is -2.11. The second-order valence-electron chi connectivity index (χ2n) is 7.08. The average molecular weight is 390 g/mol. The number of halogens is 3. The lowest BCUT2D eigenvalue weighted by molar-refractivity contribution is -0.0134. The summed E-state index contributed by atoms with van der Waals surface area (Å²) >= 11 is 0. The summed E-state index contributed by atoms with van der Waals surface area (Å²) in [5.41, 5.74) is 0.942. The summed E-state index contributed by atoms with van der Waals surface area (Å²) in [4.78, 5) is 0. The highest BCUT2D eigenvalue weighted by Gasteiger charge is 2.27. The quantitative estimate of drug-likeness (QED) is 0.593. The molecule has 1 saturated heterocycles. The summed E-state index contributed by atoms with van der Waals surface area (Å²) in [6, 6.07) is 7.48. The monoisotopic (exact) mass is 390 g/mol. The number of allylic oxidation sites excluding steroid dienone is 1.